The van der Waals surface area contributed by atoms with Gasteiger partial charge in [-0.25, -0.2) is 0 Å². The topological polar surface area (TPSA) is 159 Å². The number of fused-ring (bicyclic) bond motifs is 1. The highest BCUT2D eigenvalue weighted by atomic mass is 32.1. The molecule has 0 saturated carbocycles. The van der Waals surface area contributed by atoms with Crippen molar-refractivity contribution in [1.82, 2.24) is 4.57 Å². The number of nitro benzene ring substituents is 1. The number of aryl methyl sites for hydroxylation is 1. The van der Waals surface area contributed by atoms with Gasteiger partial charge in [-0.05, 0) is 36.4 Å². The van der Waals surface area contributed by atoms with Crippen LogP contribution in [0.3, 0.4) is 0 Å². The molecule has 10 nitrogen and oxygen atoms in total. The van der Waals surface area contributed by atoms with Gasteiger partial charge in [-0.2, -0.15) is 5.11 Å². The molecule has 4 aromatic rings. The molecule has 0 amide bonds. The van der Waals surface area contributed by atoms with E-state index in [2.05, 4.69) is 21.9 Å². The van der Waals surface area contributed by atoms with E-state index in [1.54, 1.807) is 31.3 Å². The molecule has 0 fully saturated rings. The largest absolute Gasteiger partial charge is 0.307 e. The van der Waals surface area contributed by atoms with E-state index in [1.807, 2.05) is 18.2 Å². The zero-order valence-electron chi connectivity index (χ0n) is 16.8. The summed E-state index contributed by atoms with van der Waals surface area (Å²) >= 11 is 1.03. The second kappa shape index (κ2) is 9.83. The maximum atomic E-state index is 13.4. The zero-order valence-corrected chi connectivity index (χ0v) is 17.7. The Hall–Kier alpha value is -4.06. The Kier molecular flexibility index (Phi) is 6.95. The number of nitro groups is 1. The van der Waals surface area contributed by atoms with Crippen LogP contribution >= 0.6 is 11.3 Å². The smallest absolute Gasteiger partial charge is 0.301 e. The van der Waals surface area contributed by atoms with Crippen molar-refractivity contribution < 1.29 is 9.72 Å². The average molecular weight is 450 g/mol. The lowest BCUT2D eigenvalue weighted by Crippen LogP contribution is -2.11. The monoisotopic (exact) mass is 450 g/mol. The van der Waals surface area contributed by atoms with E-state index in [1.165, 1.54) is 28.8 Å². The summed E-state index contributed by atoms with van der Waals surface area (Å²) in [5.41, 5.74) is 1.74. The first-order chi connectivity index (χ1) is 15.5. The lowest BCUT2D eigenvalue weighted by atomic mass is 10.00. The van der Waals surface area contributed by atoms with E-state index >= 15 is 0 Å². The number of hydrazine groups is 1. The number of carbonyl (C=O) groups is 1. The van der Waals surface area contributed by atoms with Gasteiger partial charge in [-0.1, -0.05) is 29.5 Å². The summed E-state index contributed by atoms with van der Waals surface area (Å²) in [5.74, 6) is 7.60. The zero-order chi connectivity index (χ0) is 23.3. The number of hydrogen-bond acceptors (Lipinski definition) is 9. The molecular formula is C21H18N6O4S. The fraction of sp³-hybridized carbons (Fsp3) is 0.0476. The molecule has 0 spiro atoms. The average Bonchev–Trinajstić information content (AvgIpc) is 3.12. The van der Waals surface area contributed by atoms with Crippen LogP contribution in [0.1, 0.15) is 15.9 Å². The standard InChI is InChI=1S/C21H14N4O4S.H4N2/c1-24-19-17(30-21(24)27)12-11-16(23-22-14-5-3-2-4-6-14)18(19)20(26)13-7-9-15(10-8-13)25(28)29;1-2/h2-12H,1H3;1-2H2. The van der Waals surface area contributed by atoms with E-state index in [0.29, 0.717) is 21.6 Å². The highest BCUT2D eigenvalue weighted by molar-refractivity contribution is 7.16. The first kappa shape index (κ1) is 22.6. The molecule has 0 aliphatic carbocycles. The third-order valence-electron chi connectivity index (χ3n) is 4.52. The molecule has 11 heteroatoms. The molecule has 3 aromatic carbocycles. The van der Waals surface area contributed by atoms with Crippen LogP contribution in [0.25, 0.3) is 10.2 Å². The molecule has 32 heavy (non-hydrogen) atoms. The Balaban J connectivity index is 0.00000141. The van der Waals surface area contributed by atoms with Crippen molar-refractivity contribution in [1.29, 1.82) is 0 Å². The number of hydrogen-bond donors (Lipinski definition) is 2. The Morgan fingerprint density at radius 1 is 1.00 bits per heavy atom. The molecule has 162 valence electrons. The summed E-state index contributed by atoms with van der Waals surface area (Å²) in [6.07, 6.45) is 0. The Bertz CT molecular complexity index is 1360. The first-order valence-corrected chi connectivity index (χ1v) is 9.99. The number of carbonyl (C=O) groups excluding carboxylic acids is 1. The van der Waals surface area contributed by atoms with Crippen LogP contribution in [0.5, 0.6) is 0 Å². The molecular weight excluding hydrogens is 432 g/mol. The van der Waals surface area contributed by atoms with Crippen molar-refractivity contribution >= 4 is 44.4 Å². The lowest BCUT2D eigenvalue weighted by Gasteiger charge is -2.08. The molecule has 0 saturated heterocycles. The molecule has 0 aliphatic rings. The molecule has 4 rings (SSSR count). The molecule has 0 aliphatic heterocycles. The highest BCUT2D eigenvalue weighted by Gasteiger charge is 2.22. The van der Waals surface area contributed by atoms with Gasteiger partial charge in [0.15, 0.2) is 5.78 Å². The van der Waals surface area contributed by atoms with E-state index in [0.717, 1.165) is 11.3 Å². The molecule has 1 aromatic heterocycles. The molecule has 1 heterocycles. The number of nitrogens with zero attached hydrogens (tertiary/aromatic N) is 4. The van der Waals surface area contributed by atoms with Crippen molar-refractivity contribution in [3.8, 4) is 0 Å². The Morgan fingerprint density at radius 3 is 2.28 bits per heavy atom. The number of non-ortho nitro benzene ring substituents is 1. The molecule has 0 bridgehead atoms. The second-order valence-corrected chi connectivity index (χ2v) is 7.40. The predicted molar refractivity (Wildman–Crippen MR) is 123 cm³/mol. The van der Waals surface area contributed by atoms with E-state index in [4.69, 9.17) is 0 Å². The number of azo groups is 1. The van der Waals surface area contributed by atoms with Crippen LogP contribution in [-0.2, 0) is 7.05 Å². The van der Waals surface area contributed by atoms with Gasteiger partial charge in [0.25, 0.3) is 5.69 Å². The van der Waals surface area contributed by atoms with Crippen molar-refractivity contribution in [2.45, 2.75) is 0 Å². The van der Waals surface area contributed by atoms with Gasteiger partial charge >= 0.3 is 4.87 Å². The molecule has 4 N–H and O–H groups in total. The van der Waals surface area contributed by atoms with E-state index in [-0.39, 0.29) is 21.7 Å². The van der Waals surface area contributed by atoms with Crippen molar-refractivity contribution in [3.05, 3.63) is 97.6 Å². The third-order valence-corrected chi connectivity index (χ3v) is 5.52. The first-order valence-electron chi connectivity index (χ1n) is 9.17. The number of benzene rings is 3. The molecule has 0 unspecified atom stereocenters. The highest BCUT2D eigenvalue weighted by Crippen LogP contribution is 2.33. The summed E-state index contributed by atoms with van der Waals surface area (Å²) in [5, 5.41) is 19.4. The second-order valence-electron chi connectivity index (χ2n) is 6.40. The summed E-state index contributed by atoms with van der Waals surface area (Å²) in [4.78, 5) is 35.7. The van der Waals surface area contributed by atoms with E-state index in [9.17, 15) is 19.7 Å². The molecule has 0 radical (unpaired) electrons. The minimum atomic E-state index is -0.531. The van der Waals surface area contributed by atoms with Crippen LogP contribution in [0.4, 0.5) is 17.1 Å². The fourth-order valence-electron chi connectivity index (χ4n) is 3.02. The third kappa shape index (κ3) is 4.49. The predicted octanol–water partition coefficient (Wildman–Crippen LogP) is 3.97. The summed E-state index contributed by atoms with van der Waals surface area (Å²) < 4.78 is 2.05. The van der Waals surface area contributed by atoms with Crippen LogP contribution in [0.2, 0.25) is 0 Å². The normalized spacial score (nSPS) is 10.7. The van der Waals surface area contributed by atoms with Crippen LogP contribution in [0.15, 0.2) is 81.8 Å². The number of rotatable bonds is 5. The SMILES string of the molecule is Cn1c(=O)sc2ccc(N=Nc3ccccc3)c(C(=O)c3ccc([N+](=O)[O-])cc3)c21.NN. The van der Waals surface area contributed by atoms with E-state index < -0.39 is 10.7 Å². The fourth-order valence-corrected chi connectivity index (χ4v) is 3.91. The van der Waals surface area contributed by atoms with Gasteiger partial charge in [0.2, 0.25) is 0 Å². The summed E-state index contributed by atoms with van der Waals surface area (Å²) in [6.45, 7) is 0. The Labute approximate surface area is 185 Å². The summed E-state index contributed by atoms with van der Waals surface area (Å²) in [7, 11) is 1.59. The lowest BCUT2D eigenvalue weighted by molar-refractivity contribution is -0.384. The van der Waals surface area contributed by atoms with Crippen molar-refractivity contribution in [2.75, 3.05) is 0 Å². The Morgan fingerprint density at radius 2 is 1.66 bits per heavy atom. The van der Waals surface area contributed by atoms with Gasteiger partial charge in [0, 0.05) is 24.7 Å². The van der Waals surface area contributed by atoms with Gasteiger partial charge in [0.1, 0.15) is 0 Å². The van der Waals surface area contributed by atoms with Gasteiger partial charge < -0.3 is 4.57 Å². The number of nitrogens with two attached hydrogens (primary N) is 2. The van der Waals surface area contributed by atoms with Crippen LogP contribution in [0, 0.1) is 10.1 Å². The maximum Gasteiger partial charge on any atom is 0.307 e. The minimum absolute atomic E-state index is 0.114. The van der Waals surface area contributed by atoms with Gasteiger partial charge in [-0.3, -0.25) is 31.4 Å². The number of aromatic nitrogens is 1. The van der Waals surface area contributed by atoms with Gasteiger partial charge in [0.05, 0.1) is 32.1 Å². The number of thiazole rings is 1. The van der Waals surface area contributed by atoms with Gasteiger partial charge in [-0.15, -0.1) is 5.11 Å². The maximum absolute atomic E-state index is 13.4. The quantitative estimate of drug-likeness (QED) is 0.154. The summed E-state index contributed by atoms with van der Waals surface area (Å²) in [6, 6.07) is 17.7. The van der Waals surface area contributed by atoms with Crippen LogP contribution in [-0.4, -0.2) is 15.3 Å². The molecule has 0 atom stereocenters. The minimum Gasteiger partial charge on any atom is -0.301 e. The number of ketones is 1. The van der Waals surface area contributed by atoms with Crippen molar-refractivity contribution in [2.24, 2.45) is 29.0 Å². The van der Waals surface area contributed by atoms with Crippen molar-refractivity contribution in [3.63, 3.8) is 0 Å². The van der Waals surface area contributed by atoms with Crippen LogP contribution < -0.4 is 16.6 Å².